The van der Waals surface area contributed by atoms with Crippen molar-refractivity contribution in [2.24, 2.45) is 5.73 Å². The van der Waals surface area contributed by atoms with Gasteiger partial charge in [0.15, 0.2) is 21.3 Å². The van der Waals surface area contributed by atoms with E-state index in [4.69, 9.17) is 26.8 Å². The molecule has 3 aromatic rings. The Kier molecular flexibility index (Phi) is 7.95. The molecule has 0 aromatic heterocycles. The summed E-state index contributed by atoms with van der Waals surface area (Å²) in [7, 11) is -1.79. The Balaban J connectivity index is 2.29. The standard InChI is InChI=1S/C23H22ClN3O7S/c1-33-19-12-17(18(27(29)30)13-20(19)34-2)23(35(31,32)16-10-8-15(24)9-11-16)26-21(22(25)28)14-6-4-3-5-7-14/h3-13,21,23,26H,1-2H3,(H2,25,28)/t21?,23-/m1/s1. The summed E-state index contributed by atoms with van der Waals surface area (Å²) < 4.78 is 38.0. The van der Waals surface area contributed by atoms with E-state index in [2.05, 4.69) is 5.32 Å². The number of amides is 1. The molecule has 0 bridgehead atoms. The Hall–Kier alpha value is -3.67. The summed E-state index contributed by atoms with van der Waals surface area (Å²) in [4.78, 5) is 23.4. The predicted octanol–water partition coefficient (Wildman–Crippen LogP) is 3.55. The number of primary amides is 1. The highest BCUT2D eigenvalue weighted by Crippen LogP contribution is 2.41. The zero-order valence-electron chi connectivity index (χ0n) is 18.7. The molecule has 0 saturated carbocycles. The molecule has 0 aliphatic carbocycles. The molecule has 3 N–H and O–H groups in total. The number of nitrogens with zero attached hydrogens (tertiary/aromatic N) is 1. The van der Waals surface area contributed by atoms with Gasteiger partial charge >= 0.3 is 0 Å². The Bertz CT molecular complexity index is 1330. The van der Waals surface area contributed by atoms with E-state index in [9.17, 15) is 23.3 Å². The number of nitro groups is 1. The number of carbonyl (C=O) groups excluding carboxylic acids is 1. The number of ether oxygens (including phenoxy) is 2. The van der Waals surface area contributed by atoms with Crippen LogP contribution < -0.4 is 20.5 Å². The first kappa shape index (κ1) is 25.9. The van der Waals surface area contributed by atoms with Gasteiger partial charge < -0.3 is 15.2 Å². The first-order valence-corrected chi connectivity index (χ1v) is 12.0. The minimum atomic E-state index is -4.39. The van der Waals surface area contributed by atoms with Crippen molar-refractivity contribution >= 4 is 33.0 Å². The summed E-state index contributed by atoms with van der Waals surface area (Å²) in [5.41, 5.74) is 5.14. The highest BCUT2D eigenvalue weighted by atomic mass is 35.5. The lowest BCUT2D eigenvalue weighted by Gasteiger charge is -2.25. The van der Waals surface area contributed by atoms with Gasteiger partial charge in [-0.25, -0.2) is 8.42 Å². The second kappa shape index (κ2) is 10.7. The van der Waals surface area contributed by atoms with Crippen molar-refractivity contribution in [1.82, 2.24) is 5.32 Å². The van der Waals surface area contributed by atoms with Gasteiger partial charge in [-0.05, 0) is 35.9 Å². The van der Waals surface area contributed by atoms with Crippen LogP contribution in [-0.4, -0.2) is 33.5 Å². The fourth-order valence-electron chi connectivity index (χ4n) is 3.50. The molecule has 184 valence electrons. The van der Waals surface area contributed by atoms with Crippen molar-refractivity contribution in [3.8, 4) is 11.5 Å². The fourth-order valence-corrected chi connectivity index (χ4v) is 5.25. The lowest BCUT2D eigenvalue weighted by atomic mass is 10.1. The van der Waals surface area contributed by atoms with Crippen molar-refractivity contribution in [1.29, 1.82) is 0 Å². The largest absolute Gasteiger partial charge is 0.493 e. The van der Waals surface area contributed by atoms with Gasteiger partial charge in [0, 0.05) is 5.02 Å². The van der Waals surface area contributed by atoms with E-state index in [1.54, 1.807) is 30.3 Å². The molecule has 0 radical (unpaired) electrons. The third-order valence-corrected chi connectivity index (χ3v) is 7.39. The van der Waals surface area contributed by atoms with E-state index >= 15 is 0 Å². The van der Waals surface area contributed by atoms with Gasteiger partial charge in [-0.15, -0.1) is 0 Å². The molecule has 3 rings (SSSR count). The van der Waals surface area contributed by atoms with Crippen LogP contribution in [0.5, 0.6) is 11.5 Å². The Labute approximate surface area is 206 Å². The van der Waals surface area contributed by atoms with Crippen molar-refractivity contribution < 1.29 is 27.6 Å². The molecule has 0 spiro atoms. The number of nitro benzene ring substituents is 1. The molecule has 35 heavy (non-hydrogen) atoms. The van der Waals surface area contributed by atoms with E-state index in [1.807, 2.05) is 0 Å². The molecule has 0 aliphatic rings. The normalized spacial score (nSPS) is 13.0. The molecular weight excluding hydrogens is 498 g/mol. The van der Waals surface area contributed by atoms with Crippen LogP contribution in [0.2, 0.25) is 5.02 Å². The number of carbonyl (C=O) groups is 1. The number of nitrogens with two attached hydrogens (primary N) is 1. The van der Waals surface area contributed by atoms with E-state index in [0.717, 1.165) is 6.07 Å². The summed E-state index contributed by atoms with van der Waals surface area (Å²) in [6.45, 7) is 0. The minimum Gasteiger partial charge on any atom is -0.493 e. The van der Waals surface area contributed by atoms with Crippen molar-refractivity contribution in [2.45, 2.75) is 16.3 Å². The number of halogens is 1. The van der Waals surface area contributed by atoms with Crippen LogP contribution in [0.25, 0.3) is 0 Å². The molecule has 1 amide bonds. The first-order valence-electron chi connectivity index (χ1n) is 10.1. The smallest absolute Gasteiger partial charge is 0.279 e. The maximum atomic E-state index is 13.8. The second-order valence-electron chi connectivity index (χ2n) is 7.31. The van der Waals surface area contributed by atoms with Gasteiger partial charge in [0.2, 0.25) is 5.91 Å². The summed E-state index contributed by atoms with van der Waals surface area (Å²) in [5, 5.41) is 13.2. The number of sulfone groups is 1. The van der Waals surface area contributed by atoms with Crippen LogP contribution >= 0.6 is 11.6 Å². The van der Waals surface area contributed by atoms with Gasteiger partial charge in [-0.2, -0.15) is 0 Å². The van der Waals surface area contributed by atoms with Gasteiger partial charge in [0.25, 0.3) is 5.69 Å². The topological polar surface area (TPSA) is 151 Å². The summed E-state index contributed by atoms with van der Waals surface area (Å²) in [6.07, 6.45) is 0. The molecule has 12 heteroatoms. The van der Waals surface area contributed by atoms with Crippen molar-refractivity contribution in [3.05, 3.63) is 93.0 Å². The van der Waals surface area contributed by atoms with Gasteiger partial charge in [-0.3, -0.25) is 20.2 Å². The Morgan fingerprint density at radius 2 is 1.60 bits per heavy atom. The monoisotopic (exact) mass is 519 g/mol. The molecule has 0 heterocycles. The quantitative estimate of drug-likeness (QED) is 0.305. The zero-order chi connectivity index (χ0) is 25.8. The summed E-state index contributed by atoms with van der Waals surface area (Å²) in [5.74, 6) is -0.794. The van der Waals surface area contributed by atoms with Crippen LogP contribution in [-0.2, 0) is 14.6 Å². The maximum Gasteiger partial charge on any atom is 0.279 e. The number of hydrogen-bond acceptors (Lipinski definition) is 8. The molecule has 0 aliphatic heterocycles. The lowest BCUT2D eigenvalue weighted by Crippen LogP contribution is -2.39. The SMILES string of the molecule is COc1cc([C@H](NC(C(N)=O)c2ccccc2)S(=O)(=O)c2ccc(Cl)cc2)c([N+](=O)[O-])cc1OC. The highest BCUT2D eigenvalue weighted by Gasteiger charge is 2.38. The molecule has 10 nitrogen and oxygen atoms in total. The van der Waals surface area contributed by atoms with Crippen molar-refractivity contribution in [2.75, 3.05) is 14.2 Å². The van der Waals surface area contributed by atoms with Crippen LogP contribution in [0.3, 0.4) is 0 Å². The average Bonchev–Trinajstić information content (AvgIpc) is 2.84. The van der Waals surface area contributed by atoms with E-state index in [0.29, 0.717) is 10.6 Å². The Morgan fingerprint density at radius 3 is 2.11 bits per heavy atom. The highest BCUT2D eigenvalue weighted by molar-refractivity contribution is 7.91. The molecule has 1 unspecified atom stereocenters. The van der Waals surface area contributed by atoms with E-state index in [1.165, 1.54) is 44.6 Å². The third-order valence-electron chi connectivity index (χ3n) is 5.20. The number of nitrogens with one attached hydrogen (secondary N) is 1. The Morgan fingerprint density at radius 1 is 1.03 bits per heavy atom. The fraction of sp³-hybridized carbons (Fsp3) is 0.174. The number of hydrogen-bond donors (Lipinski definition) is 2. The van der Waals surface area contributed by atoms with Crippen LogP contribution in [0.4, 0.5) is 5.69 Å². The summed E-state index contributed by atoms with van der Waals surface area (Å²) in [6, 6.07) is 14.4. The molecule has 2 atom stereocenters. The van der Waals surface area contributed by atoms with Gasteiger partial charge in [0.05, 0.1) is 35.7 Å². The number of rotatable bonds is 10. The van der Waals surface area contributed by atoms with Crippen LogP contribution in [0, 0.1) is 10.1 Å². The van der Waals surface area contributed by atoms with E-state index < -0.39 is 37.8 Å². The minimum absolute atomic E-state index is 0.0279. The number of benzene rings is 3. The molecular formula is C23H22ClN3O7S. The third kappa shape index (κ3) is 5.53. The number of methoxy groups -OCH3 is 2. The first-order chi connectivity index (χ1) is 16.6. The lowest BCUT2D eigenvalue weighted by molar-refractivity contribution is -0.385. The van der Waals surface area contributed by atoms with Crippen LogP contribution in [0.15, 0.2) is 71.6 Å². The maximum absolute atomic E-state index is 13.8. The summed E-state index contributed by atoms with van der Waals surface area (Å²) >= 11 is 5.91. The van der Waals surface area contributed by atoms with Gasteiger partial charge in [0.1, 0.15) is 11.4 Å². The molecule has 0 fully saturated rings. The second-order valence-corrected chi connectivity index (χ2v) is 9.78. The van der Waals surface area contributed by atoms with Crippen LogP contribution in [0.1, 0.15) is 22.5 Å². The molecule has 3 aromatic carbocycles. The predicted molar refractivity (Wildman–Crippen MR) is 129 cm³/mol. The van der Waals surface area contributed by atoms with Crippen molar-refractivity contribution in [3.63, 3.8) is 0 Å². The zero-order valence-corrected chi connectivity index (χ0v) is 20.2. The van der Waals surface area contributed by atoms with Gasteiger partial charge in [-0.1, -0.05) is 41.9 Å². The van der Waals surface area contributed by atoms with E-state index in [-0.39, 0.29) is 22.0 Å². The molecule has 0 saturated heterocycles. The average molecular weight is 520 g/mol.